The molecule has 0 saturated carbocycles. The van der Waals surface area contributed by atoms with Gasteiger partial charge in [-0.1, -0.05) is 18.2 Å². The van der Waals surface area contributed by atoms with Gasteiger partial charge >= 0.3 is 6.09 Å². The Hall–Kier alpha value is -2.41. The summed E-state index contributed by atoms with van der Waals surface area (Å²) in [5, 5.41) is 0.679. The van der Waals surface area contributed by atoms with Crippen molar-refractivity contribution in [3.05, 3.63) is 45.9 Å². The predicted molar refractivity (Wildman–Crippen MR) is 139 cm³/mol. The van der Waals surface area contributed by atoms with Crippen molar-refractivity contribution < 1.29 is 17.9 Å². The minimum absolute atomic E-state index is 0.0495. The molecule has 1 aliphatic rings. The van der Waals surface area contributed by atoms with E-state index in [1.54, 1.807) is 36.2 Å². The molecule has 0 aliphatic carbocycles. The number of anilines is 1. The van der Waals surface area contributed by atoms with Crippen LogP contribution in [-0.4, -0.2) is 64.6 Å². The molecule has 0 bridgehead atoms. The molecule has 1 fully saturated rings. The number of fused-ring (bicyclic) bond motifs is 1. The van der Waals surface area contributed by atoms with Crippen LogP contribution in [-0.2, 0) is 14.8 Å². The molecule has 1 amide bonds. The van der Waals surface area contributed by atoms with Crippen LogP contribution in [0.15, 0.2) is 41.7 Å². The Morgan fingerprint density at radius 2 is 1.88 bits per heavy atom. The minimum atomic E-state index is -3.84. The molecule has 34 heavy (non-hydrogen) atoms. The van der Waals surface area contributed by atoms with Gasteiger partial charge < -0.3 is 14.5 Å². The second kappa shape index (κ2) is 8.99. The number of rotatable bonds is 3. The third kappa shape index (κ3) is 4.59. The van der Waals surface area contributed by atoms with E-state index in [1.807, 2.05) is 33.8 Å². The van der Waals surface area contributed by atoms with Crippen molar-refractivity contribution in [1.29, 1.82) is 0 Å². The summed E-state index contributed by atoms with van der Waals surface area (Å²) in [7, 11) is -3.84. The number of nitrogens with zero attached hydrogens (tertiary/aromatic N) is 5. The number of carbonyl (C=O) groups is 1. The molecule has 1 aliphatic heterocycles. The van der Waals surface area contributed by atoms with Crippen molar-refractivity contribution >= 4 is 55.6 Å². The zero-order valence-corrected chi connectivity index (χ0v) is 22.8. The molecule has 9 nitrogen and oxygen atoms in total. The average Bonchev–Trinajstić information content (AvgIpc) is 3.10. The molecule has 0 spiro atoms. The lowest BCUT2D eigenvalue weighted by atomic mass is 10.1. The third-order valence-corrected chi connectivity index (χ3v) is 8.30. The number of carbonyl (C=O) groups excluding carboxylic acids is 1. The number of benzene rings is 1. The summed E-state index contributed by atoms with van der Waals surface area (Å²) in [6.07, 6.45) is 2.65. The molecule has 1 atom stereocenters. The quantitative estimate of drug-likeness (QED) is 0.421. The Bertz CT molecular complexity index is 1350. The lowest BCUT2D eigenvalue weighted by Gasteiger charge is -2.41. The van der Waals surface area contributed by atoms with Gasteiger partial charge in [-0.15, -0.1) is 0 Å². The first-order valence-electron chi connectivity index (χ1n) is 11.0. The number of aromatic nitrogens is 3. The Morgan fingerprint density at radius 3 is 2.53 bits per heavy atom. The standard InChI is InChI=1S/C23H28IN5O4S/c1-15-8-6-7-9-18(15)34(31,32)29-13-17(24)19-20(25-14-26-21(19)29)28-11-10-27(12-16(28)2)22(30)33-23(3,4)5/h6-9,13-14,16H,10-12H2,1-5H3/t16-/m0/s1. The number of piperazine rings is 1. The molecule has 0 radical (unpaired) electrons. The highest BCUT2D eigenvalue weighted by molar-refractivity contribution is 14.1. The fourth-order valence-electron chi connectivity index (χ4n) is 4.09. The summed E-state index contributed by atoms with van der Waals surface area (Å²) in [6, 6.07) is 6.85. The molecule has 4 rings (SSSR count). The van der Waals surface area contributed by atoms with E-state index in [2.05, 4.69) is 37.5 Å². The topological polar surface area (TPSA) is 97.6 Å². The molecule has 2 aromatic heterocycles. The number of hydrogen-bond acceptors (Lipinski definition) is 7. The highest BCUT2D eigenvalue weighted by Gasteiger charge is 2.33. The van der Waals surface area contributed by atoms with E-state index in [0.717, 1.165) is 3.57 Å². The molecule has 3 heterocycles. The van der Waals surface area contributed by atoms with Gasteiger partial charge in [-0.25, -0.2) is 27.2 Å². The molecule has 0 unspecified atom stereocenters. The molecule has 11 heteroatoms. The third-order valence-electron chi connectivity index (χ3n) is 5.67. The van der Waals surface area contributed by atoms with E-state index in [4.69, 9.17) is 4.74 Å². The number of hydrogen-bond donors (Lipinski definition) is 0. The largest absolute Gasteiger partial charge is 0.444 e. The summed E-state index contributed by atoms with van der Waals surface area (Å²) in [4.78, 5) is 25.4. The fourth-order valence-corrected chi connectivity index (χ4v) is 6.59. The lowest BCUT2D eigenvalue weighted by Crippen LogP contribution is -2.54. The van der Waals surface area contributed by atoms with Crippen LogP contribution in [0.1, 0.15) is 33.3 Å². The zero-order valence-electron chi connectivity index (χ0n) is 19.8. The average molecular weight is 597 g/mol. The highest BCUT2D eigenvalue weighted by Crippen LogP contribution is 2.33. The van der Waals surface area contributed by atoms with Crippen LogP contribution in [0.2, 0.25) is 0 Å². The Labute approximate surface area is 213 Å². The SMILES string of the molecule is Cc1ccccc1S(=O)(=O)n1cc(I)c2c(N3CCN(C(=O)OC(C)(C)C)C[C@@H]3C)ncnc21. The zero-order chi connectivity index (χ0) is 24.8. The van der Waals surface area contributed by atoms with E-state index in [0.29, 0.717) is 42.0 Å². The number of halogens is 1. The Balaban J connectivity index is 1.69. The van der Waals surface area contributed by atoms with Crippen molar-refractivity contribution in [1.82, 2.24) is 18.8 Å². The van der Waals surface area contributed by atoms with Crippen molar-refractivity contribution in [3.63, 3.8) is 0 Å². The van der Waals surface area contributed by atoms with E-state index in [9.17, 15) is 13.2 Å². The maximum absolute atomic E-state index is 13.5. The van der Waals surface area contributed by atoms with Gasteiger partial charge in [0.25, 0.3) is 10.0 Å². The molecule has 0 N–H and O–H groups in total. The van der Waals surface area contributed by atoms with Crippen LogP contribution in [0.3, 0.4) is 0 Å². The van der Waals surface area contributed by atoms with E-state index in [-0.39, 0.29) is 17.0 Å². The van der Waals surface area contributed by atoms with Crippen molar-refractivity contribution in [2.24, 2.45) is 0 Å². The first-order valence-corrected chi connectivity index (χ1v) is 13.5. The summed E-state index contributed by atoms with van der Waals surface area (Å²) >= 11 is 2.13. The Kier molecular flexibility index (Phi) is 6.53. The summed E-state index contributed by atoms with van der Waals surface area (Å²) in [6.45, 7) is 10.8. The number of amides is 1. The molecule has 3 aromatic rings. The van der Waals surface area contributed by atoms with Crippen LogP contribution >= 0.6 is 22.6 Å². The molecular formula is C23H28IN5O4S. The van der Waals surface area contributed by atoms with Gasteiger partial charge in [0.2, 0.25) is 0 Å². The number of aryl methyl sites for hydroxylation is 1. The maximum atomic E-state index is 13.5. The first kappa shape index (κ1) is 24.7. The van der Waals surface area contributed by atoms with E-state index >= 15 is 0 Å². The molecular weight excluding hydrogens is 569 g/mol. The predicted octanol–water partition coefficient (Wildman–Crippen LogP) is 4.03. The highest BCUT2D eigenvalue weighted by atomic mass is 127. The summed E-state index contributed by atoms with van der Waals surface area (Å²) in [5.74, 6) is 0.657. The monoisotopic (exact) mass is 597 g/mol. The smallest absolute Gasteiger partial charge is 0.410 e. The van der Waals surface area contributed by atoms with Crippen LogP contribution in [0.25, 0.3) is 11.0 Å². The maximum Gasteiger partial charge on any atom is 0.410 e. The van der Waals surface area contributed by atoms with Gasteiger partial charge in [0.15, 0.2) is 5.65 Å². The van der Waals surface area contributed by atoms with E-state index < -0.39 is 15.6 Å². The lowest BCUT2D eigenvalue weighted by molar-refractivity contribution is 0.0218. The van der Waals surface area contributed by atoms with Crippen LogP contribution < -0.4 is 4.90 Å². The van der Waals surface area contributed by atoms with E-state index in [1.165, 1.54) is 10.3 Å². The van der Waals surface area contributed by atoms with Crippen LogP contribution in [0.4, 0.5) is 10.6 Å². The van der Waals surface area contributed by atoms with Crippen molar-refractivity contribution in [2.45, 2.75) is 51.2 Å². The fraction of sp³-hybridized carbons (Fsp3) is 0.435. The van der Waals surface area contributed by atoms with Gasteiger partial charge in [0, 0.05) is 35.4 Å². The normalized spacial score (nSPS) is 17.3. The van der Waals surface area contributed by atoms with Gasteiger partial charge in [0.1, 0.15) is 17.7 Å². The second-order valence-corrected chi connectivity index (χ2v) is 12.4. The molecule has 182 valence electrons. The molecule has 1 saturated heterocycles. The molecule has 1 aromatic carbocycles. The first-order chi connectivity index (χ1) is 15.9. The Morgan fingerprint density at radius 1 is 1.18 bits per heavy atom. The van der Waals surface area contributed by atoms with Gasteiger partial charge in [0.05, 0.1) is 10.3 Å². The van der Waals surface area contributed by atoms with Crippen molar-refractivity contribution in [2.75, 3.05) is 24.5 Å². The van der Waals surface area contributed by atoms with Gasteiger partial charge in [-0.3, -0.25) is 0 Å². The van der Waals surface area contributed by atoms with Crippen LogP contribution in [0, 0.1) is 10.5 Å². The summed E-state index contributed by atoms with van der Waals surface area (Å²) < 4.78 is 34.5. The minimum Gasteiger partial charge on any atom is -0.444 e. The van der Waals surface area contributed by atoms with Gasteiger partial charge in [-0.05, 0) is 68.8 Å². The summed E-state index contributed by atoms with van der Waals surface area (Å²) in [5.41, 5.74) is 0.442. The van der Waals surface area contributed by atoms with Crippen molar-refractivity contribution in [3.8, 4) is 0 Å². The number of ether oxygens (including phenoxy) is 1. The second-order valence-electron chi connectivity index (χ2n) is 9.41. The van der Waals surface area contributed by atoms with Crippen LogP contribution in [0.5, 0.6) is 0 Å². The van der Waals surface area contributed by atoms with Gasteiger partial charge in [-0.2, -0.15) is 0 Å².